The van der Waals surface area contributed by atoms with Crippen LogP contribution >= 0.6 is 0 Å². The Morgan fingerprint density at radius 3 is 1.29 bits per heavy atom. The third-order valence-corrected chi connectivity index (χ3v) is 10.8. The van der Waals surface area contributed by atoms with E-state index in [0.717, 1.165) is 22.4 Å². The highest BCUT2D eigenvalue weighted by molar-refractivity contribution is 6.26. The number of hydrogen-bond donors (Lipinski definition) is 0. The second kappa shape index (κ2) is 12.6. The monoisotopic (exact) mass is 700 g/mol. The van der Waals surface area contributed by atoms with E-state index in [1.165, 1.54) is 65.3 Å². The van der Waals surface area contributed by atoms with E-state index < -0.39 is 0 Å². The molecule has 2 heterocycles. The van der Waals surface area contributed by atoms with Gasteiger partial charge in [-0.3, -0.25) is 0 Å². The molecule has 2 aromatic heterocycles. The summed E-state index contributed by atoms with van der Waals surface area (Å²) >= 11 is 0. The minimum Gasteiger partial charge on any atom is -0.309 e. The predicted molar refractivity (Wildman–Crippen MR) is 228 cm³/mol. The lowest BCUT2D eigenvalue weighted by Crippen LogP contribution is -2.00. The number of hydrogen-bond acceptors (Lipinski definition) is 3. The van der Waals surface area contributed by atoms with Gasteiger partial charge in [0.1, 0.15) is 0 Å². The van der Waals surface area contributed by atoms with Crippen LogP contribution in [0.15, 0.2) is 194 Å². The molecular formula is C51H32N4. The van der Waals surface area contributed by atoms with Crippen molar-refractivity contribution in [2.75, 3.05) is 0 Å². The summed E-state index contributed by atoms with van der Waals surface area (Å²) in [7, 11) is 0. The van der Waals surface area contributed by atoms with E-state index in [2.05, 4.69) is 138 Å². The first-order chi connectivity index (χ1) is 27.3. The van der Waals surface area contributed by atoms with Crippen LogP contribution in [-0.2, 0) is 0 Å². The molecule has 256 valence electrons. The van der Waals surface area contributed by atoms with Crippen LogP contribution in [0.1, 0.15) is 0 Å². The highest BCUT2D eigenvalue weighted by Gasteiger charge is 2.17. The minimum atomic E-state index is 0.648. The van der Waals surface area contributed by atoms with Gasteiger partial charge in [-0.25, -0.2) is 15.0 Å². The van der Waals surface area contributed by atoms with Crippen LogP contribution in [-0.4, -0.2) is 19.5 Å². The van der Waals surface area contributed by atoms with Gasteiger partial charge < -0.3 is 4.57 Å². The summed E-state index contributed by atoms with van der Waals surface area (Å²) in [4.78, 5) is 15.0. The molecule has 0 aliphatic heterocycles. The second-order valence-electron chi connectivity index (χ2n) is 14.0. The van der Waals surface area contributed by atoms with Crippen molar-refractivity contribution < 1.29 is 0 Å². The first kappa shape index (κ1) is 31.1. The van der Waals surface area contributed by atoms with Crippen LogP contribution in [0.25, 0.3) is 105 Å². The average Bonchev–Trinajstić information content (AvgIpc) is 3.60. The van der Waals surface area contributed by atoms with E-state index in [-0.39, 0.29) is 0 Å². The molecule has 0 fully saturated rings. The highest BCUT2D eigenvalue weighted by atomic mass is 15.0. The van der Waals surface area contributed by atoms with Crippen molar-refractivity contribution in [2.45, 2.75) is 0 Å². The van der Waals surface area contributed by atoms with Crippen molar-refractivity contribution in [3.05, 3.63) is 194 Å². The number of nitrogens with zero attached hydrogens (tertiary/aromatic N) is 4. The zero-order valence-corrected chi connectivity index (χ0v) is 29.8. The molecule has 11 aromatic rings. The second-order valence-corrected chi connectivity index (χ2v) is 14.0. The summed E-state index contributed by atoms with van der Waals surface area (Å²) < 4.78 is 2.38. The molecular weight excluding hydrogens is 669 g/mol. The number of para-hydroxylation sites is 2. The molecule has 0 saturated heterocycles. The summed E-state index contributed by atoms with van der Waals surface area (Å²) in [5.74, 6) is 1.95. The molecule has 11 rings (SSSR count). The lowest BCUT2D eigenvalue weighted by molar-refractivity contribution is 1.07. The summed E-state index contributed by atoms with van der Waals surface area (Å²) in [6, 6.07) is 68.8. The Hall–Kier alpha value is -7.43. The molecule has 0 aliphatic carbocycles. The van der Waals surface area contributed by atoms with Crippen LogP contribution in [0, 0.1) is 0 Å². The fourth-order valence-corrected chi connectivity index (χ4v) is 8.22. The van der Waals surface area contributed by atoms with Gasteiger partial charge in [-0.2, -0.15) is 0 Å². The summed E-state index contributed by atoms with van der Waals surface area (Å²) in [6.07, 6.45) is 0. The standard InChI is InChI=1S/C51H32N4/c1-4-14-33(15-5-1)49-52-50(34-16-6-2-7-17-34)54-51(53-49)37-26-28-42-45-30-35(24-27-41(45)39-20-10-11-21-40(39)46(42)31-37)36-25-29-44-43-22-12-13-23-47(43)55(48(44)32-36)38-18-8-3-9-19-38/h1-32H. The average molecular weight is 701 g/mol. The fraction of sp³-hybridized carbons (Fsp3) is 0. The third-order valence-electron chi connectivity index (χ3n) is 10.8. The van der Waals surface area contributed by atoms with Crippen molar-refractivity contribution in [3.63, 3.8) is 0 Å². The van der Waals surface area contributed by atoms with Crippen molar-refractivity contribution in [2.24, 2.45) is 0 Å². The van der Waals surface area contributed by atoms with Crippen LogP contribution in [0.2, 0.25) is 0 Å². The molecule has 0 amide bonds. The van der Waals surface area contributed by atoms with E-state index in [1.807, 2.05) is 60.7 Å². The first-order valence-corrected chi connectivity index (χ1v) is 18.6. The van der Waals surface area contributed by atoms with E-state index in [1.54, 1.807) is 0 Å². The van der Waals surface area contributed by atoms with Crippen molar-refractivity contribution in [1.82, 2.24) is 19.5 Å². The smallest absolute Gasteiger partial charge is 0.164 e. The molecule has 0 saturated carbocycles. The maximum Gasteiger partial charge on any atom is 0.164 e. The summed E-state index contributed by atoms with van der Waals surface area (Å²) in [6.45, 7) is 0. The predicted octanol–water partition coefficient (Wildman–Crippen LogP) is 13.1. The Labute approximate surface area is 317 Å². The maximum absolute atomic E-state index is 5.05. The lowest BCUT2D eigenvalue weighted by Gasteiger charge is -2.14. The number of rotatable bonds is 5. The van der Waals surface area contributed by atoms with Gasteiger partial charge in [0.2, 0.25) is 0 Å². The SMILES string of the molecule is c1ccc(-c2nc(-c3ccccc3)nc(-c3ccc4c5cc(-c6ccc7c8ccccc8n(-c8ccccc8)c7c6)ccc5c5ccccc5c4c3)n2)cc1. The van der Waals surface area contributed by atoms with Gasteiger partial charge in [0.15, 0.2) is 17.5 Å². The van der Waals surface area contributed by atoms with Crippen LogP contribution in [0.4, 0.5) is 0 Å². The third kappa shape index (κ3) is 5.19. The first-order valence-electron chi connectivity index (χ1n) is 18.6. The van der Waals surface area contributed by atoms with Crippen molar-refractivity contribution in [3.8, 4) is 51.0 Å². The topological polar surface area (TPSA) is 43.6 Å². The molecule has 0 bridgehead atoms. The molecule has 0 N–H and O–H groups in total. The molecule has 55 heavy (non-hydrogen) atoms. The normalized spacial score (nSPS) is 11.6. The van der Waals surface area contributed by atoms with Gasteiger partial charge in [-0.15, -0.1) is 0 Å². The van der Waals surface area contributed by atoms with Gasteiger partial charge >= 0.3 is 0 Å². The molecule has 4 heteroatoms. The van der Waals surface area contributed by atoms with Gasteiger partial charge in [-0.05, 0) is 79.8 Å². The summed E-state index contributed by atoms with van der Waals surface area (Å²) in [5.41, 5.74) is 8.77. The van der Waals surface area contributed by atoms with E-state index in [9.17, 15) is 0 Å². The quantitative estimate of drug-likeness (QED) is 0.168. The van der Waals surface area contributed by atoms with Gasteiger partial charge in [-0.1, -0.05) is 158 Å². The molecule has 0 aliphatic rings. The molecule has 9 aromatic carbocycles. The zero-order valence-electron chi connectivity index (χ0n) is 29.8. The minimum absolute atomic E-state index is 0.648. The molecule has 0 radical (unpaired) electrons. The van der Waals surface area contributed by atoms with Crippen LogP contribution in [0.3, 0.4) is 0 Å². The summed E-state index contributed by atoms with van der Waals surface area (Å²) in [5, 5.41) is 9.73. The molecule has 0 unspecified atom stereocenters. The van der Waals surface area contributed by atoms with Crippen LogP contribution in [0.5, 0.6) is 0 Å². The molecule has 4 nitrogen and oxygen atoms in total. The van der Waals surface area contributed by atoms with Crippen molar-refractivity contribution in [1.29, 1.82) is 0 Å². The Morgan fingerprint density at radius 2 is 0.655 bits per heavy atom. The maximum atomic E-state index is 5.05. The largest absolute Gasteiger partial charge is 0.309 e. The zero-order chi connectivity index (χ0) is 36.3. The number of fused-ring (bicyclic) bond motifs is 9. The Bertz CT molecular complexity index is 3180. The van der Waals surface area contributed by atoms with Crippen molar-refractivity contribution >= 4 is 54.1 Å². The number of benzene rings is 9. The fourth-order valence-electron chi connectivity index (χ4n) is 8.22. The van der Waals surface area contributed by atoms with Gasteiger partial charge in [0, 0.05) is 33.2 Å². The number of aromatic nitrogens is 4. The lowest BCUT2D eigenvalue weighted by atomic mass is 9.91. The van der Waals surface area contributed by atoms with E-state index >= 15 is 0 Å². The molecule has 0 atom stereocenters. The Kier molecular flexibility index (Phi) is 7.14. The van der Waals surface area contributed by atoms with Gasteiger partial charge in [0.25, 0.3) is 0 Å². The van der Waals surface area contributed by atoms with Crippen LogP contribution < -0.4 is 0 Å². The molecule has 0 spiro atoms. The van der Waals surface area contributed by atoms with Gasteiger partial charge in [0.05, 0.1) is 11.0 Å². The Balaban J connectivity index is 1.11. The van der Waals surface area contributed by atoms with E-state index in [0.29, 0.717) is 17.5 Å². The highest BCUT2D eigenvalue weighted by Crippen LogP contribution is 2.40. The van der Waals surface area contributed by atoms with E-state index in [4.69, 9.17) is 15.0 Å². The Morgan fingerprint density at radius 1 is 0.255 bits per heavy atom.